The third-order valence-electron chi connectivity index (χ3n) is 5.68. The average Bonchev–Trinajstić information content (AvgIpc) is 2.12. The Hall–Kier alpha value is 0. The molecule has 4 atom stereocenters. The Bertz CT molecular complexity index is 204. The zero-order valence-electron chi connectivity index (χ0n) is 11.8. The van der Waals surface area contributed by atoms with E-state index >= 15 is 0 Å². The number of rotatable bonds is 4. The molecular weight excluding hydrogens is 180 g/mol. The predicted octanol–water partition coefficient (Wildman–Crippen LogP) is 4.99. The summed E-state index contributed by atoms with van der Waals surface area (Å²) >= 11 is 0. The Morgan fingerprint density at radius 2 is 1.53 bits per heavy atom. The average molecular weight is 210 g/mol. The van der Waals surface area contributed by atoms with Crippen molar-refractivity contribution in [2.45, 2.75) is 61.3 Å². The van der Waals surface area contributed by atoms with Crippen LogP contribution in [-0.4, -0.2) is 0 Å². The highest BCUT2D eigenvalue weighted by Crippen LogP contribution is 2.56. The van der Waals surface area contributed by atoms with Gasteiger partial charge in [0.2, 0.25) is 0 Å². The fourth-order valence-electron chi connectivity index (χ4n) is 3.32. The molecule has 1 aliphatic rings. The van der Waals surface area contributed by atoms with E-state index in [-0.39, 0.29) is 0 Å². The maximum absolute atomic E-state index is 2.51. The molecular formula is C15H30. The van der Waals surface area contributed by atoms with Crippen molar-refractivity contribution in [1.29, 1.82) is 0 Å². The van der Waals surface area contributed by atoms with Crippen molar-refractivity contribution in [1.82, 2.24) is 0 Å². The summed E-state index contributed by atoms with van der Waals surface area (Å²) in [5, 5.41) is 0. The van der Waals surface area contributed by atoms with E-state index in [1.54, 1.807) is 0 Å². The van der Waals surface area contributed by atoms with Crippen molar-refractivity contribution < 1.29 is 0 Å². The molecule has 0 aromatic carbocycles. The minimum Gasteiger partial charge on any atom is -0.0625 e. The molecule has 90 valence electrons. The maximum atomic E-state index is 2.51. The first-order chi connectivity index (χ1) is 6.80. The van der Waals surface area contributed by atoms with Crippen molar-refractivity contribution in [3.63, 3.8) is 0 Å². The summed E-state index contributed by atoms with van der Waals surface area (Å²) in [4.78, 5) is 0. The van der Waals surface area contributed by atoms with E-state index in [1.165, 1.54) is 12.8 Å². The lowest BCUT2D eigenvalue weighted by Gasteiger charge is -2.55. The molecule has 0 heterocycles. The van der Waals surface area contributed by atoms with Crippen molar-refractivity contribution in [2.75, 3.05) is 0 Å². The van der Waals surface area contributed by atoms with Gasteiger partial charge in [-0.25, -0.2) is 0 Å². The second-order valence-electron chi connectivity index (χ2n) is 6.77. The maximum Gasteiger partial charge on any atom is -0.0272 e. The van der Waals surface area contributed by atoms with Crippen molar-refractivity contribution in [3.8, 4) is 0 Å². The van der Waals surface area contributed by atoms with Crippen LogP contribution in [0.15, 0.2) is 0 Å². The highest BCUT2D eigenvalue weighted by Gasteiger charge is 2.48. The lowest BCUT2D eigenvalue weighted by molar-refractivity contribution is -0.0530. The van der Waals surface area contributed by atoms with Crippen LogP contribution >= 0.6 is 0 Å². The van der Waals surface area contributed by atoms with Gasteiger partial charge in [0.15, 0.2) is 0 Å². The molecule has 0 heteroatoms. The van der Waals surface area contributed by atoms with E-state index < -0.39 is 0 Å². The van der Waals surface area contributed by atoms with Gasteiger partial charge < -0.3 is 0 Å². The van der Waals surface area contributed by atoms with Gasteiger partial charge in [0.1, 0.15) is 0 Å². The van der Waals surface area contributed by atoms with Gasteiger partial charge in [-0.05, 0) is 47.8 Å². The summed E-state index contributed by atoms with van der Waals surface area (Å²) < 4.78 is 0. The van der Waals surface area contributed by atoms with Gasteiger partial charge in [0.25, 0.3) is 0 Å². The van der Waals surface area contributed by atoms with Crippen LogP contribution in [0, 0.1) is 35.0 Å². The van der Waals surface area contributed by atoms with E-state index in [9.17, 15) is 0 Å². The molecule has 0 radical (unpaired) electrons. The van der Waals surface area contributed by atoms with Crippen LogP contribution in [0.25, 0.3) is 0 Å². The fourth-order valence-corrected chi connectivity index (χ4v) is 3.32. The van der Waals surface area contributed by atoms with E-state index in [0.29, 0.717) is 5.41 Å². The summed E-state index contributed by atoms with van der Waals surface area (Å²) in [5.41, 5.74) is 0.628. The molecule has 0 spiro atoms. The third-order valence-corrected chi connectivity index (χ3v) is 5.68. The zero-order chi connectivity index (χ0) is 11.8. The normalized spacial score (nSPS) is 35.4. The second kappa shape index (κ2) is 4.47. The molecule has 0 bridgehead atoms. The minimum absolute atomic E-state index is 0.628. The summed E-state index contributed by atoms with van der Waals surface area (Å²) in [6.07, 6.45) is 2.91. The Morgan fingerprint density at radius 3 is 1.80 bits per heavy atom. The highest BCUT2D eigenvalue weighted by molar-refractivity contribution is 4.97. The Kier molecular flexibility index (Phi) is 3.90. The molecule has 0 aromatic rings. The first-order valence-electron chi connectivity index (χ1n) is 6.80. The van der Waals surface area contributed by atoms with Gasteiger partial charge in [-0.1, -0.05) is 48.5 Å². The molecule has 0 amide bonds. The first kappa shape index (κ1) is 13.1. The molecule has 0 aromatic heterocycles. The SMILES string of the molecule is CC(C)C(C)C(C)C1CCC1(C)C(C)C. The van der Waals surface area contributed by atoms with Gasteiger partial charge in [-0.2, -0.15) is 0 Å². The standard InChI is InChI=1S/C15H30/c1-10(2)12(5)13(6)14-8-9-15(14,7)11(3)4/h10-14H,8-9H2,1-7H3. The lowest BCUT2D eigenvalue weighted by atomic mass is 9.50. The summed E-state index contributed by atoms with van der Waals surface area (Å²) in [6, 6.07) is 0. The molecule has 0 N–H and O–H groups in total. The largest absolute Gasteiger partial charge is 0.0625 e. The monoisotopic (exact) mass is 210 g/mol. The van der Waals surface area contributed by atoms with E-state index in [4.69, 9.17) is 0 Å². The summed E-state index contributed by atoms with van der Waals surface area (Å²) in [7, 11) is 0. The topological polar surface area (TPSA) is 0 Å². The fraction of sp³-hybridized carbons (Fsp3) is 1.00. The second-order valence-corrected chi connectivity index (χ2v) is 6.77. The summed E-state index contributed by atoms with van der Waals surface area (Å²) in [6.45, 7) is 17.0. The van der Waals surface area contributed by atoms with Crippen LogP contribution < -0.4 is 0 Å². The molecule has 15 heavy (non-hydrogen) atoms. The Labute approximate surface area is 96.8 Å². The Balaban J connectivity index is 2.65. The van der Waals surface area contributed by atoms with Crippen molar-refractivity contribution >= 4 is 0 Å². The number of hydrogen-bond acceptors (Lipinski definition) is 0. The minimum atomic E-state index is 0.628. The smallest absolute Gasteiger partial charge is 0.0272 e. The van der Waals surface area contributed by atoms with Gasteiger partial charge in [-0.15, -0.1) is 0 Å². The lowest BCUT2D eigenvalue weighted by Crippen LogP contribution is -2.47. The van der Waals surface area contributed by atoms with E-state index in [1.807, 2.05) is 0 Å². The third kappa shape index (κ3) is 2.24. The molecule has 1 saturated carbocycles. The van der Waals surface area contributed by atoms with Gasteiger partial charge >= 0.3 is 0 Å². The van der Waals surface area contributed by atoms with Crippen molar-refractivity contribution in [3.05, 3.63) is 0 Å². The molecule has 0 saturated heterocycles. The summed E-state index contributed by atoms with van der Waals surface area (Å²) in [5.74, 6) is 4.41. The molecule has 0 aliphatic heterocycles. The zero-order valence-corrected chi connectivity index (χ0v) is 11.8. The molecule has 1 fully saturated rings. The molecule has 4 unspecified atom stereocenters. The van der Waals surface area contributed by atoms with Crippen LogP contribution in [0.5, 0.6) is 0 Å². The van der Waals surface area contributed by atoms with Crippen LogP contribution in [0.3, 0.4) is 0 Å². The highest BCUT2D eigenvalue weighted by atomic mass is 14.5. The molecule has 1 rings (SSSR count). The van der Waals surface area contributed by atoms with Crippen LogP contribution in [0.4, 0.5) is 0 Å². The number of hydrogen-bond donors (Lipinski definition) is 0. The van der Waals surface area contributed by atoms with Crippen molar-refractivity contribution in [2.24, 2.45) is 35.0 Å². The van der Waals surface area contributed by atoms with Crippen LogP contribution in [0.1, 0.15) is 61.3 Å². The predicted molar refractivity (Wildman–Crippen MR) is 68.8 cm³/mol. The van der Waals surface area contributed by atoms with Crippen LogP contribution in [-0.2, 0) is 0 Å². The van der Waals surface area contributed by atoms with E-state index in [2.05, 4.69) is 48.5 Å². The van der Waals surface area contributed by atoms with Gasteiger partial charge in [0.05, 0.1) is 0 Å². The first-order valence-corrected chi connectivity index (χ1v) is 6.80. The quantitative estimate of drug-likeness (QED) is 0.613. The van der Waals surface area contributed by atoms with Gasteiger partial charge in [-0.3, -0.25) is 0 Å². The van der Waals surface area contributed by atoms with Crippen LogP contribution in [0.2, 0.25) is 0 Å². The Morgan fingerprint density at radius 1 is 1.00 bits per heavy atom. The van der Waals surface area contributed by atoms with Gasteiger partial charge in [0, 0.05) is 0 Å². The molecule has 1 aliphatic carbocycles. The molecule has 0 nitrogen and oxygen atoms in total. The van der Waals surface area contributed by atoms with E-state index in [0.717, 1.165) is 29.6 Å².